The maximum absolute atomic E-state index is 5.91. The molecule has 1 N–H and O–H groups in total. The fourth-order valence-electron chi connectivity index (χ4n) is 2.15. The molecule has 0 spiro atoms. The van der Waals surface area contributed by atoms with Gasteiger partial charge in [-0.25, -0.2) is 9.99 Å². The molecule has 5 heteroatoms. The zero-order valence-corrected chi connectivity index (χ0v) is 10.3. The monoisotopic (exact) mass is 241 g/mol. The quantitative estimate of drug-likeness (QED) is 0.822. The Morgan fingerprint density at radius 2 is 2.44 bits per heavy atom. The minimum absolute atomic E-state index is 0.365. The van der Waals surface area contributed by atoms with E-state index in [1.54, 1.807) is 7.11 Å². The van der Waals surface area contributed by atoms with Gasteiger partial charge in [-0.2, -0.15) is 0 Å². The van der Waals surface area contributed by atoms with Crippen LogP contribution in [0.1, 0.15) is 24.4 Å². The van der Waals surface area contributed by atoms with Crippen molar-refractivity contribution in [2.75, 3.05) is 20.7 Å². The van der Waals surface area contributed by atoms with Crippen LogP contribution in [0.5, 0.6) is 5.75 Å². The van der Waals surface area contributed by atoms with Crippen LogP contribution in [0.3, 0.4) is 0 Å². The highest BCUT2D eigenvalue weighted by molar-refractivity contribution is 6.30. The van der Waals surface area contributed by atoms with Gasteiger partial charge < -0.3 is 4.74 Å². The number of nitrogens with zero attached hydrogens (tertiary/aromatic N) is 2. The van der Waals surface area contributed by atoms with E-state index in [0.29, 0.717) is 16.9 Å². The third-order valence-corrected chi connectivity index (χ3v) is 3.26. The molecule has 1 fully saturated rings. The van der Waals surface area contributed by atoms with Gasteiger partial charge >= 0.3 is 0 Å². The highest BCUT2D eigenvalue weighted by Crippen LogP contribution is 2.33. The van der Waals surface area contributed by atoms with E-state index in [-0.39, 0.29) is 0 Å². The number of hydrogen-bond acceptors (Lipinski definition) is 4. The third kappa shape index (κ3) is 2.14. The van der Waals surface area contributed by atoms with E-state index in [0.717, 1.165) is 18.5 Å². The maximum Gasteiger partial charge on any atom is 0.171 e. The Hall–Kier alpha value is -0.840. The molecule has 1 atom stereocenters. The molecule has 4 nitrogen and oxygen atoms in total. The summed E-state index contributed by atoms with van der Waals surface area (Å²) in [7, 11) is 3.55. The van der Waals surface area contributed by atoms with E-state index in [4.69, 9.17) is 16.3 Å². The first-order valence-electron chi connectivity index (χ1n) is 5.39. The van der Waals surface area contributed by atoms with Gasteiger partial charge in [0.25, 0.3) is 0 Å². The largest absolute Gasteiger partial charge is 0.494 e. The van der Waals surface area contributed by atoms with Gasteiger partial charge in [-0.1, -0.05) is 11.6 Å². The van der Waals surface area contributed by atoms with Gasteiger partial charge in [-0.3, -0.25) is 5.43 Å². The standard InChI is InChI=1S/C11H16ClN3O/c1-13-15-5-3-4-9(15)8-6-10(16-2)11(12)14-7-8/h6-7,9,13H,3-5H2,1-2H3/t9-/m0/s1. The number of rotatable bonds is 3. The topological polar surface area (TPSA) is 37.4 Å². The Bertz CT molecular complexity index is 372. The Morgan fingerprint density at radius 3 is 3.12 bits per heavy atom. The van der Waals surface area contributed by atoms with Crippen molar-refractivity contribution in [2.24, 2.45) is 0 Å². The van der Waals surface area contributed by atoms with Crippen molar-refractivity contribution in [3.8, 4) is 5.75 Å². The van der Waals surface area contributed by atoms with Crippen LogP contribution in [0.4, 0.5) is 0 Å². The second-order valence-electron chi connectivity index (χ2n) is 3.84. The lowest BCUT2D eigenvalue weighted by Crippen LogP contribution is -2.34. The predicted molar refractivity (Wildman–Crippen MR) is 63.5 cm³/mol. The average Bonchev–Trinajstić information content (AvgIpc) is 2.78. The number of nitrogens with one attached hydrogen (secondary N) is 1. The van der Waals surface area contributed by atoms with Crippen LogP contribution in [0.15, 0.2) is 12.3 Å². The smallest absolute Gasteiger partial charge is 0.171 e. The van der Waals surface area contributed by atoms with Gasteiger partial charge in [0.15, 0.2) is 10.9 Å². The Labute approximate surface area is 101 Å². The first-order valence-corrected chi connectivity index (χ1v) is 5.77. The van der Waals surface area contributed by atoms with Crippen LogP contribution in [-0.4, -0.2) is 30.7 Å². The van der Waals surface area contributed by atoms with Crippen LogP contribution in [0.2, 0.25) is 5.15 Å². The van der Waals surface area contributed by atoms with Gasteiger partial charge in [-0.05, 0) is 31.5 Å². The first-order chi connectivity index (χ1) is 7.76. The lowest BCUT2D eigenvalue weighted by atomic mass is 10.1. The zero-order valence-electron chi connectivity index (χ0n) is 9.53. The molecular weight excluding hydrogens is 226 g/mol. The average molecular weight is 242 g/mol. The molecule has 1 aromatic heterocycles. The summed E-state index contributed by atoms with van der Waals surface area (Å²) in [4.78, 5) is 4.15. The predicted octanol–water partition coefficient (Wildman–Crippen LogP) is 2.01. The van der Waals surface area contributed by atoms with E-state index in [1.165, 1.54) is 6.42 Å². The van der Waals surface area contributed by atoms with Gasteiger partial charge in [0, 0.05) is 12.7 Å². The number of hydrogen-bond donors (Lipinski definition) is 1. The van der Waals surface area contributed by atoms with E-state index in [2.05, 4.69) is 15.4 Å². The summed E-state index contributed by atoms with van der Waals surface area (Å²) in [6, 6.07) is 2.33. The molecule has 1 aromatic rings. The molecule has 0 amide bonds. The molecule has 0 aromatic carbocycles. The van der Waals surface area contributed by atoms with Crippen LogP contribution in [-0.2, 0) is 0 Å². The van der Waals surface area contributed by atoms with E-state index < -0.39 is 0 Å². The van der Waals surface area contributed by atoms with Crippen LogP contribution < -0.4 is 10.2 Å². The Balaban J connectivity index is 2.26. The molecule has 1 aliphatic heterocycles. The molecular formula is C11H16ClN3O. The molecule has 0 bridgehead atoms. The van der Waals surface area contributed by atoms with Crippen molar-refractivity contribution in [3.05, 3.63) is 23.0 Å². The lowest BCUT2D eigenvalue weighted by molar-refractivity contribution is 0.190. The SMILES string of the molecule is CNN1CCC[C@H]1c1cnc(Cl)c(OC)c1. The summed E-state index contributed by atoms with van der Waals surface area (Å²) in [6.45, 7) is 1.06. The Kier molecular flexibility index (Phi) is 3.63. The summed E-state index contributed by atoms with van der Waals surface area (Å²) < 4.78 is 5.18. The third-order valence-electron chi connectivity index (χ3n) is 2.97. The summed E-state index contributed by atoms with van der Waals surface area (Å²) in [6.07, 6.45) is 4.15. The normalized spacial score (nSPS) is 21.3. The molecule has 2 rings (SSSR count). The van der Waals surface area contributed by atoms with Crippen molar-refractivity contribution < 1.29 is 4.74 Å². The molecule has 0 aliphatic carbocycles. The molecule has 1 saturated heterocycles. The molecule has 0 saturated carbocycles. The number of hydrazine groups is 1. The van der Waals surface area contributed by atoms with Gasteiger partial charge in [0.1, 0.15) is 0 Å². The number of pyridine rings is 1. The molecule has 1 aliphatic rings. The number of methoxy groups -OCH3 is 1. The minimum atomic E-state index is 0.365. The second kappa shape index (κ2) is 4.99. The fraction of sp³-hybridized carbons (Fsp3) is 0.545. The van der Waals surface area contributed by atoms with E-state index >= 15 is 0 Å². The molecule has 16 heavy (non-hydrogen) atoms. The molecule has 88 valence electrons. The summed E-state index contributed by atoms with van der Waals surface area (Å²) in [5, 5.41) is 2.63. The maximum atomic E-state index is 5.91. The van der Waals surface area contributed by atoms with E-state index in [1.807, 2.05) is 19.3 Å². The minimum Gasteiger partial charge on any atom is -0.494 e. The van der Waals surface area contributed by atoms with Crippen molar-refractivity contribution in [2.45, 2.75) is 18.9 Å². The van der Waals surface area contributed by atoms with E-state index in [9.17, 15) is 0 Å². The summed E-state index contributed by atoms with van der Waals surface area (Å²) >= 11 is 5.91. The molecule has 0 unspecified atom stereocenters. The summed E-state index contributed by atoms with van der Waals surface area (Å²) in [5.74, 6) is 0.641. The number of ether oxygens (including phenoxy) is 1. The first kappa shape index (κ1) is 11.6. The van der Waals surface area contributed by atoms with Crippen molar-refractivity contribution in [1.82, 2.24) is 15.4 Å². The van der Waals surface area contributed by atoms with Crippen molar-refractivity contribution in [1.29, 1.82) is 0 Å². The van der Waals surface area contributed by atoms with Gasteiger partial charge in [0.05, 0.1) is 13.2 Å². The summed E-state index contributed by atoms with van der Waals surface area (Å²) in [5.41, 5.74) is 4.34. The lowest BCUT2D eigenvalue weighted by Gasteiger charge is -2.23. The highest BCUT2D eigenvalue weighted by atomic mass is 35.5. The van der Waals surface area contributed by atoms with Crippen LogP contribution in [0, 0.1) is 0 Å². The van der Waals surface area contributed by atoms with Crippen LogP contribution >= 0.6 is 11.6 Å². The highest BCUT2D eigenvalue weighted by Gasteiger charge is 2.25. The van der Waals surface area contributed by atoms with Crippen molar-refractivity contribution in [3.63, 3.8) is 0 Å². The second-order valence-corrected chi connectivity index (χ2v) is 4.19. The molecule has 2 heterocycles. The van der Waals surface area contributed by atoms with Crippen molar-refractivity contribution >= 4 is 11.6 Å². The van der Waals surface area contributed by atoms with Gasteiger partial charge in [-0.15, -0.1) is 0 Å². The fourth-order valence-corrected chi connectivity index (χ4v) is 2.33. The number of halogens is 1. The Morgan fingerprint density at radius 1 is 1.62 bits per heavy atom. The van der Waals surface area contributed by atoms with Crippen LogP contribution in [0.25, 0.3) is 0 Å². The zero-order chi connectivity index (χ0) is 11.5. The molecule has 0 radical (unpaired) electrons. The van der Waals surface area contributed by atoms with Gasteiger partial charge in [0.2, 0.25) is 0 Å². The number of aromatic nitrogens is 1.